The molecule has 2 aromatic carbocycles. The minimum Gasteiger partial charge on any atom is -0.453 e. The van der Waals surface area contributed by atoms with E-state index in [0.717, 1.165) is 5.69 Å². The predicted molar refractivity (Wildman–Crippen MR) is 122 cm³/mol. The van der Waals surface area contributed by atoms with Crippen molar-refractivity contribution in [1.29, 1.82) is 0 Å². The fourth-order valence-electron chi connectivity index (χ4n) is 3.67. The zero-order valence-electron chi connectivity index (χ0n) is 18.3. The molecule has 1 aromatic heterocycles. The second-order valence-electron chi connectivity index (χ2n) is 7.56. The number of aromatic nitrogens is 1. The average molecular weight is 453 g/mol. The van der Waals surface area contributed by atoms with Crippen LogP contribution in [-0.4, -0.2) is 55.5 Å². The average Bonchev–Trinajstić information content (AvgIpc) is 3.24. The number of methoxy groups -OCH3 is 1. The Morgan fingerprint density at radius 2 is 1.79 bits per heavy atom. The number of carbonyl (C=O) groups is 2. The van der Waals surface area contributed by atoms with Crippen molar-refractivity contribution >= 4 is 29.3 Å². The smallest absolute Gasteiger partial charge is 0.409 e. The van der Waals surface area contributed by atoms with Gasteiger partial charge in [0.05, 0.1) is 12.8 Å². The van der Waals surface area contributed by atoms with Gasteiger partial charge in [0.25, 0.3) is 0 Å². The molecule has 9 nitrogen and oxygen atoms in total. The number of amides is 3. The molecule has 0 aliphatic carbocycles. The van der Waals surface area contributed by atoms with Gasteiger partial charge in [0.2, 0.25) is 0 Å². The summed E-state index contributed by atoms with van der Waals surface area (Å²) in [7, 11) is 1.38. The first-order valence-corrected chi connectivity index (χ1v) is 10.4. The second-order valence-corrected chi connectivity index (χ2v) is 7.56. The van der Waals surface area contributed by atoms with Crippen LogP contribution in [0.2, 0.25) is 0 Å². The highest BCUT2D eigenvalue weighted by molar-refractivity contribution is 5.99. The lowest BCUT2D eigenvalue weighted by atomic mass is 10.0. The summed E-state index contributed by atoms with van der Waals surface area (Å²) >= 11 is 0. The quantitative estimate of drug-likeness (QED) is 0.610. The fraction of sp³-hybridized carbons (Fsp3) is 0.261. The molecule has 4 rings (SSSR count). The number of aryl methyl sites for hydroxylation is 1. The van der Waals surface area contributed by atoms with Crippen LogP contribution in [0.3, 0.4) is 0 Å². The number of halogens is 1. The van der Waals surface area contributed by atoms with Gasteiger partial charge < -0.3 is 24.4 Å². The molecule has 2 heterocycles. The molecule has 172 valence electrons. The highest BCUT2D eigenvalue weighted by Gasteiger charge is 2.22. The van der Waals surface area contributed by atoms with Crippen molar-refractivity contribution in [3.63, 3.8) is 0 Å². The number of urea groups is 1. The van der Waals surface area contributed by atoms with Crippen molar-refractivity contribution in [2.24, 2.45) is 0 Å². The SMILES string of the molecule is COC(=O)N1CCN(c2ccc(-c3cccc(NC(=O)Nc4cc(C)on4)c3F)cc2)CC1. The normalized spacial score (nSPS) is 13.5. The Kier molecular flexibility index (Phi) is 6.43. The summed E-state index contributed by atoms with van der Waals surface area (Å²) in [5.74, 6) is 0.250. The third-order valence-corrected chi connectivity index (χ3v) is 5.37. The van der Waals surface area contributed by atoms with Gasteiger partial charge in [-0.15, -0.1) is 0 Å². The maximum Gasteiger partial charge on any atom is 0.409 e. The van der Waals surface area contributed by atoms with Crippen molar-refractivity contribution < 1.29 is 23.2 Å². The van der Waals surface area contributed by atoms with Crippen LogP contribution in [0.15, 0.2) is 53.1 Å². The van der Waals surface area contributed by atoms with Crippen molar-refractivity contribution in [3.05, 3.63) is 60.1 Å². The molecule has 1 aliphatic rings. The summed E-state index contributed by atoms with van der Waals surface area (Å²) in [6.07, 6.45) is -0.321. The first kappa shape index (κ1) is 22.1. The Bertz CT molecular complexity index is 1140. The molecule has 1 aliphatic heterocycles. The Balaban J connectivity index is 1.43. The second kappa shape index (κ2) is 9.60. The number of hydrogen-bond donors (Lipinski definition) is 2. The highest BCUT2D eigenvalue weighted by atomic mass is 19.1. The van der Waals surface area contributed by atoms with Crippen LogP contribution in [0.4, 0.5) is 31.2 Å². The minimum atomic E-state index is -0.624. The van der Waals surface area contributed by atoms with Gasteiger partial charge in [-0.25, -0.2) is 14.0 Å². The number of carbonyl (C=O) groups excluding carboxylic acids is 2. The number of anilines is 3. The molecule has 0 radical (unpaired) electrons. The molecule has 0 saturated carbocycles. The number of benzene rings is 2. The van der Waals surface area contributed by atoms with Crippen LogP contribution in [-0.2, 0) is 4.74 Å². The van der Waals surface area contributed by atoms with Gasteiger partial charge >= 0.3 is 12.1 Å². The standard InChI is InChI=1S/C23H24FN5O4/c1-15-14-20(27-33-15)26-22(30)25-19-5-3-4-18(21(19)24)16-6-8-17(9-7-16)28-10-12-29(13-11-28)23(31)32-2/h3-9,14H,10-13H2,1-2H3,(H2,25,26,27,30). The third-order valence-electron chi connectivity index (χ3n) is 5.37. The van der Waals surface area contributed by atoms with E-state index in [9.17, 15) is 9.59 Å². The maximum atomic E-state index is 15.1. The molecule has 0 unspecified atom stereocenters. The number of hydrogen-bond acceptors (Lipinski definition) is 6. The molecule has 3 amide bonds. The topological polar surface area (TPSA) is 99.9 Å². The molecule has 2 N–H and O–H groups in total. The largest absolute Gasteiger partial charge is 0.453 e. The molecule has 33 heavy (non-hydrogen) atoms. The van der Waals surface area contributed by atoms with E-state index >= 15 is 4.39 Å². The first-order chi connectivity index (χ1) is 15.9. The van der Waals surface area contributed by atoms with E-state index in [0.29, 0.717) is 43.1 Å². The van der Waals surface area contributed by atoms with E-state index < -0.39 is 11.8 Å². The zero-order chi connectivity index (χ0) is 23.4. The minimum absolute atomic E-state index is 0.0493. The molecule has 0 bridgehead atoms. The van der Waals surface area contributed by atoms with Crippen LogP contribution in [0, 0.1) is 12.7 Å². The van der Waals surface area contributed by atoms with E-state index in [-0.39, 0.29) is 17.6 Å². The van der Waals surface area contributed by atoms with Gasteiger partial charge in [-0.1, -0.05) is 29.4 Å². The van der Waals surface area contributed by atoms with E-state index in [1.165, 1.54) is 13.2 Å². The third kappa shape index (κ3) is 5.05. The number of nitrogens with zero attached hydrogens (tertiary/aromatic N) is 3. The van der Waals surface area contributed by atoms with Crippen LogP contribution in [0.5, 0.6) is 0 Å². The Morgan fingerprint density at radius 3 is 2.42 bits per heavy atom. The van der Waals surface area contributed by atoms with Crippen LogP contribution >= 0.6 is 0 Å². The van der Waals surface area contributed by atoms with Crippen LogP contribution in [0.1, 0.15) is 5.76 Å². The lowest BCUT2D eigenvalue weighted by Crippen LogP contribution is -2.48. The monoisotopic (exact) mass is 453 g/mol. The molecule has 1 fully saturated rings. The van der Waals surface area contributed by atoms with Crippen molar-refractivity contribution in [3.8, 4) is 11.1 Å². The summed E-state index contributed by atoms with van der Waals surface area (Å²) in [5.41, 5.74) is 2.08. The Labute approximate surface area is 190 Å². The predicted octanol–water partition coefficient (Wildman–Crippen LogP) is 4.32. The maximum absolute atomic E-state index is 15.1. The Hall–Kier alpha value is -4.08. The molecule has 1 saturated heterocycles. The molecule has 0 spiro atoms. The summed E-state index contributed by atoms with van der Waals surface area (Å²) in [6.45, 7) is 4.22. The van der Waals surface area contributed by atoms with Crippen LogP contribution in [0.25, 0.3) is 11.1 Å². The van der Waals surface area contributed by atoms with Crippen LogP contribution < -0.4 is 15.5 Å². The van der Waals surface area contributed by atoms with Gasteiger partial charge in [0.1, 0.15) is 5.76 Å². The summed E-state index contributed by atoms with van der Waals surface area (Å²) < 4.78 is 24.8. The lowest BCUT2D eigenvalue weighted by Gasteiger charge is -2.35. The number of rotatable bonds is 4. The summed E-state index contributed by atoms with van der Waals surface area (Å²) in [4.78, 5) is 27.7. The Morgan fingerprint density at radius 1 is 1.06 bits per heavy atom. The van der Waals surface area contributed by atoms with Crippen molar-refractivity contribution in [1.82, 2.24) is 10.1 Å². The molecular formula is C23H24FN5O4. The van der Waals surface area contributed by atoms with Gasteiger partial charge in [-0.3, -0.25) is 5.32 Å². The molecule has 0 atom stereocenters. The molecular weight excluding hydrogens is 429 g/mol. The summed E-state index contributed by atoms with van der Waals surface area (Å²) in [6, 6.07) is 13.3. The number of ether oxygens (including phenoxy) is 1. The highest BCUT2D eigenvalue weighted by Crippen LogP contribution is 2.30. The number of piperazine rings is 1. The van der Waals surface area contributed by atoms with Crippen molar-refractivity contribution in [2.45, 2.75) is 6.92 Å². The first-order valence-electron chi connectivity index (χ1n) is 10.4. The van der Waals surface area contributed by atoms with Gasteiger partial charge in [0.15, 0.2) is 11.6 Å². The van der Waals surface area contributed by atoms with Gasteiger partial charge in [-0.2, -0.15) is 0 Å². The van der Waals surface area contributed by atoms with E-state index in [1.807, 2.05) is 24.3 Å². The molecule has 10 heteroatoms. The van der Waals surface area contributed by atoms with Crippen molar-refractivity contribution in [2.75, 3.05) is 48.8 Å². The molecule has 3 aromatic rings. The van der Waals surface area contributed by atoms with E-state index in [2.05, 4.69) is 20.7 Å². The zero-order valence-corrected chi connectivity index (χ0v) is 18.3. The number of nitrogens with one attached hydrogen (secondary N) is 2. The van der Waals surface area contributed by atoms with E-state index in [1.54, 1.807) is 30.0 Å². The fourth-order valence-corrected chi connectivity index (χ4v) is 3.67. The lowest BCUT2D eigenvalue weighted by molar-refractivity contribution is 0.121. The van der Waals surface area contributed by atoms with E-state index in [4.69, 9.17) is 9.26 Å². The summed E-state index contributed by atoms with van der Waals surface area (Å²) in [5, 5.41) is 8.68. The van der Waals surface area contributed by atoms with Gasteiger partial charge in [-0.05, 0) is 30.7 Å². The van der Waals surface area contributed by atoms with Gasteiger partial charge in [0, 0.05) is 43.5 Å².